The van der Waals surface area contributed by atoms with Crippen LogP contribution in [0, 0.1) is 0 Å². The van der Waals surface area contributed by atoms with Crippen molar-refractivity contribution >= 4 is 5.91 Å². The van der Waals surface area contributed by atoms with Crippen molar-refractivity contribution in [2.75, 3.05) is 7.11 Å². The van der Waals surface area contributed by atoms with Crippen molar-refractivity contribution < 1.29 is 18.8 Å². The topological polar surface area (TPSA) is 86.5 Å². The number of aryl methyl sites for hydroxylation is 2. The van der Waals surface area contributed by atoms with Crippen molar-refractivity contribution in [1.29, 1.82) is 0 Å². The second-order valence-corrected chi connectivity index (χ2v) is 7.36. The summed E-state index contributed by atoms with van der Waals surface area (Å²) in [6.07, 6.45) is 4.00. The van der Waals surface area contributed by atoms with E-state index in [1.807, 2.05) is 30.3 Å². The Morgan fingerprint density at radius 1 is 1.10 bits per heavy atom. The number of carbonyl (C=O) groups is 1. The molecule has 1 aromatic heterocycles. The van der Waals surface area contributed by atoms with Gasteiger partial charge in [0.25, 0.3) is 5.91 Å². The van der Waals surface area contributed by atoms with E-state index in [1.165, 1.54) is 24.0 Å². The van der Waals surface area contributed by atoms with E-state index >= 15 is 0 Å². The van der Waals surface area contributed by atoms with Gasteiger partial charge in [-0.2, -0.15) is 4.98 Å². The van der Waals surface area contributed by atoms with Gasteiger partial charge in [0.1, 0.15) is 11.5 Å². The molecule has 1 aliphatic rings. The Balaban J connectivity index is 1.31. The van der Waals surface area contributed by atoms with E-state index in [0.29, 0.717) is 11.7 Å². The van der Waals surface area contributed by atoms with Gasteiger partial charge < -0.3 is 19.3 Å². The fraction of sp³-hybridized carbons (Fsp3) is 0.348. The van der Waals surface area contributed by atoms with Gasteiger partial charge in [0, 0.05) is 5.56 Å². The number of nitrogens with zero attached hydrogens (tertiary/aromatic N) is 2. The summed E-state index contributed by atoms with van der Waals surface area (Å²) < 4.78 is 16.2. The minimum absolute atomic E-state index is 0.139. The molecule has 0 aliphatic heterocycles. The van der Waals surface area contributed by atoms with Crippen LogP contribution < -0.4 is 14.8 Å². The Morgan fingerprint density at radius 3 is 2.60 bits per heavy atom. The van der Waals surface area contributed by atoms with E-state index in [-0.39, 0.29) is 12.5 Å². The molecule has 156 valence electrons. The van der Waals surface area contributed by atoms with Crippen LogP contribution in [0.1, 0.15) is 36.8 Å². The van der Waals surface area contributed by atoms with Crippen LogP contribution in [0.3, 0.4) is 0 Å². The summed E-state index contributed by atoms with van der Waals surface area (Å²) >= 11 is 0. The number of methoxy groups -OCH3 is 1. The van der Waals surface area contributed by atoms with Crippen molar-refractivity contribution in [3.05, 3.63) is 59.5 Å². The van der Waals surface area contributed by atoms with E-state index in [1.54, 1.807) is 14.0 Å². The monoisotopic (exact) mass is 407 g/mol. The van der Waals surface area contributed by atoms with Crippen LogP contribution in [-0.2, 0) is 24.2 Å². The lowest BCUT2D eigenvalue weighted by Crippen LogP contribution is -2.36. The molecule has 0 saturated heterocycles. The predicted octanol–water partition coefficient (Wildman–Crippen LogP) is 3.71. The number of amides is 1. The number of hydrogen-bond acceptors (Lipinski definition) is 6. The Bertz CT molecular complexity index is 1010. The summed E-state index contributed by atoms with van der Waals surface area (Å²) in [6.45, 7) is 1.87. The number of nitrogens with one attached hydrogen (secondary N) is 1. The van der Waals surface area contributed by atoms with Crippen molar-refractivity contribution in [3.8, 4) is 22.9 Å². The fourth-order valence-corrected chi connectivity index (χ4v) is 3.53. The number of benzene rings is 2. The first-order chi connectivity index (χ1) is 14.6. The number of aromatic nitrogens is 2. The molecule has 1 amide bonds. The molecule has 7 heteroatoms. The molecule has 3 aromatic rings. The van der Waals surface area contributed by atoms with Crippen LogP contribution in [0.4, 0.5) is 0 Å². The van der Waals surface area contributed by atoms with Crippen LogP contribution in [0.15, 0.2) is 47.0 Å². The van der Waals surface area contributed by atoms with E-state index < -0.39 is 6.10 Å². The normalized spacial score (nSPS) is 13.9. The predicted molar refractivity (Wildman–Crippen MR) is 111 cm³/mol. The summed E-state index contributed by atoms with van der Waals surface area (Å²) in [4.78, 5) is 16.7. The van der Waals surface area contributed by atoms with Crippen LogP contribution in [0.2, 0.25) is 0 Å². The second-order valence-electron chi connectivity index (χ2n) is 7.36. The number of carbonyl (C=O) groups excluding carboxylic acids is 1. The maximum absolute atomic E-state index is 12.4. The molecule has 7 nitrogen and oxygen atoms in total. The Hall–Kier alpha value is -3.35. The summed E-state index contributed by atoms with van der Waals surface area (Å²) in [5, 5.41) is 6.75. The molecule has 30 heavy (non-hydrogen) atoms. The highest BCUT2D eigenvalue weighted by Gasteiger charge is 2.18. The van der Waals surface area contributed by atoms with Gasteiger partial charge in [0.15, 0.2) is 6.10 Å². The Kier molecular flexibility index (Phi) is 5.97. The molecule has 0 radical (unpaired) electrons. The first-order valence-corrected chi connectivity index (χ1v) is 10.2. The quantitative estimate of drug-likeness (QED) is 0.643. The van der Waals surface area contributed by atoms with Gasteiger partial charge in [-0.15, -0.1) is 0 Å². The largest absolute Gasteiger partial charge is 0.497 e. The van der Waals surface area contributed by atoms with Gasteiger partial charge in [-0.05, 0) is 80.1 Å². The summed E-state index contributed by atoms with van der Waals surface area (Å²) in [5.74, 6) is 2.02. The third-order valence-corrected chi connectivity index (χ3v) is 5.23. The highest BCUT2D eigenvalue weighted by molar-refractivity contribution is 5.80. The lowest BCUT2D eigenvalue weighted by molar-refractivity contribution is -0.127. The molecular formula is C23H25N3O4. The smallest absolute Gasteiger partial charge is 0.261 e. The molecule has 4 rings (SSSR count). The zero-order chi connectivity index (χ0) is 20.9. The van der Waals surface area contributed by atoms with E-state index in [9.17, 15) is 4.79 Å². The molecular weight excluding hydrogens is 382 g/mol. The standard InChI is InChI=1S/C23H25N3O4/c1-15(29-20-12-7-16-5-3-4-6-18(16)13-20)23(27)24-14-21-25-22(26-30-21)17-8-10-19(28-2)11-9-17/h7-13,15H,3-6,14H2,1-2H3,(H,24,27)/t15-/m1/s1. The van der Waals surface area contributed by atoms with Crippen molar-refractivity contribution in [3.63, 3.8) is 0 Å². The van der Waals surface area contributed by atoms with E-state index in [0.717, 1.165) is 29.9 Å². The van der Waals surface area contributed by atoms with Crippen LogP contribution >= 0.6 is 0 Å². The molecule has 1 heterocycles. The fourth-order valence-electron chi connectivity index (χ4n) is 3.53. The van der Waals surface area contributed by atoms with Gasteiger partial charge in [-0.1, -0.05) is 11.2 Å². The Morgan fingerprint density at radius 2 is 1.83 bits per heavy atom. The lowest BCUT2D eigenvalue weighted by Gasteiger charge is -2.19. The highest BCUT2D eigenvalue weighted by Crippen LogP contribution is 2.26. The summed E-state index contributed by atoms with van der Waals surface area (Å²) in [7, 11) is 1.61. The van der Waals surface area contributed by atoms with Crippen LogP contribution in [-0.4, -0.2) is 29.3 Å². The third-order valence-electron chi connectivity index (χ3n) is 5.23. The summed E-state index contributed by atoms with van der Waals surface area (Å²) in [5.41, 5.74) is 3.51. The molecule has 0 fully saturated rings. The van der Waals surface area contributed by atoms with Crippen LogP contribution in [0.25, 0.3) is 11.4 Å². The number of ether oxygens (including phenoxy) is 2. The minimum atomic E-state index is -0.629. The maximum atomic E-state index is 12.4. The molecule has 1 atom stereocenters. The van der Waals surface area contributed by atoms with Crippen molar-refractivity contribution in [2.45, 2.75) is 45.3 Å². The average Bonchev–Trinajstić information content (AvgIpc) is 3.26. The van der Waals surface area contributed by atoms with E-state index in [2.05, 4.69) is 27.6 Å². The molecule has 1 aliphatic carbocycles. The summed E-state index contributed by atoms with van der Waals surface area (Å²) in [6, 6.07) is 13.4. The third kappa shape index (κ3) is 4.62. The number of rotatable bonds is 7. The molecule has 0 spiro atoms. The van der Waals surface area contributed by atoms with Gasteiger partial charge in [-0.3, -0.25) is 4.79 Å². The zero-order valence-corrected chi connectivity index (χ0v) is 17.2. The van der Waals surface area contributed by atoms with Gasteiger partial charge in [0.05, 0.1) is 13.7 Å². The van der Waals surface area contributed by atoms with Gasteiger partial charge in [0.2, 0.25) is 11.7 Å². The molecule has 0 unspecified atom stereocenters. The van der Waals surface area contributed by atoms with Crippen molar-refractivity contribution in [2.24, 2.45) is 0 Å². The number of fused-ring (bicyclic) bond motifs is 1. The highest BCUT2D eigenvalue weighted by atomic mass is 16.5. The molecule has 0 bridgehead atoms. The Labute approximate surface area is 175 Å². The first kappa shape index (κ1) is 19.9. The average molecular weight is 407 g/mol. The lowest BCUT2D eigenvalue weighted by atomic mass is 9.92. The first-order valence-electron chi connectivity index (χ1n) is 10.2. The molecule has 2 aromatic carbocycles. The van der Waals surface area contributed by atoms with Gasteiger partial charge >= 0.3 is 0 Å². The number of hydrogen-bond donors (Lipinski definition) is 1. The van der Waals surface area contributed by atoms with E-state index in [4.69, 9.17) is 14.0 Å². The van der Waals surface area contributed by atoms with Crippen molar-refractivity contribution in [1.82, 2.24) is 15.5 Å². The molecule has 1 N–H and O–H groups in total. The molecule has 0 saturated carbocycles. The maximum Gasteiger partial charge on any atom is 0.261 e. The van der Waals surface area contributed by atoms with Gasteiger partial charge in [-0.25, -0.2) is 0 Å². The minimum Gasteiger partial charge on any atom is -0.497 e. The zero-order valence-electron chi connectivity index (χ0n) is 17.2. The SMILES string of the molecule is COc1ccc(-c2noc(CNC(=O)[C@@H](C)Oc3ccc4c(c3)CCCC4)n2)cc1. The van der Waals surface area contributed by atoms with Crippen LogP contribution in [0.5, 0.6) is 11.5 Å². The second kappa shape index (κ2) is 8.98.